The molecule has 32 heavy (non-hydrogen) atoms. The minimum Gasteiger partial charge on any atom is -0.494 e. The van der Waals surface area contributed by atoms with Crippen LogP contribution in [0.1, 0.15) is 19.3 Å². The van der Waals surface area contributed by atoms with Crippen LogP contribution in [0.3, 0.4) is 0 Å². The van der Waals surface area contributed by atoms with E-state index in [1.54, 1.807) is 12.4 Å². The van der Waals surface area contributed by atoms with Crippen molar-refractivity contribution in [2.24, 2.45) is 0 Å². The summed E-state index contributed by atoms with van der Waals surface area (Å²) in [5.74, 6) is 0.936. The minimum absolute atomic E-state index is 0.111. The molecule has 7 nitrogen and oxygen atoms in total. The molecule has 1 saturated heterocycles. The first-order valence-electron chi connectivity index (χ1n) is 11.3. The van der Waals surface area contributed by atoms with Gasteiger partial charge in [0.15, 0.2) is 0 Å². The quantitative estimate of drug-likeness (QED) is 0.494. The van der Waals surface area contributed by atoms with Gasteiger partial charge in [0.1, 0.15) is 5.75 Å². The molecule has 0 unspecified atom stereocenters. The van der Waals surface area contributed by atoms with Gasteiger partial charge in [0.05, 0.1) is 31.0 Å². The third kappa shape index (κ3) is 6.48. The second-order valence-corrected chi connectivity index (χ2v) is 7.90. The summed E-state index contributed by atoms with van der Waals surface area (Å²) in [5.41, 5.74) is 2.91. The number of nitrogens with one attached hydrogen (secondary N) is 1. The Hall–Kier alpha value is -3.03. The molecular weight excluding hydrogens is 404 g/mol. The van der Waals surface area contributed by atoms with Crippen LogP contribution in [0.15, 0.2) is 54.9 Å². The van der Waals surface area contributed by atoms with Gasteiger partial charge in [-0.05, 0) is 49.2 Å². The van der Waals surface area contributed by atoms with Crippen LogP contribution in [0.2, 0.25) is 0 Å². The molecule has 2 aromatic heterocycles. The smallest absolute Gasteiger partial charge is 0.220 e. The fraction of sp³-hybridized carbons (Fsp3) is 0.400. The summed E-state index contributed by atoms with van der Waals surface area (Å²) in [6, 6.07) is 13.9. The third-order valence-corrected chi connectivity index (χ3v) is 5.56. The second kappa shape index (κ2) is 11.5. The Morgan fingerprint density at radius 1 is 1.06 bits per heavy atom. The number of fused-ring (bicyclic) bond motifs is 1. The van der Waals surface area contributed by atoms with Gasteiger partial charge >= 0.3 is 0 Å². The largest absolute Gasteiger partial charge is 0.494 e. The number of unbranched alkanes of at least 4 members (excludes halogenated alkanes) is 1. The fourth-order valence-electron chi connectivity index (χ4n) is 3.72. The molecule has 1 fully saturated rings. The van der Waals surface area contributed by atoms with Gasteiger partial charge < -0.3 is 14.8 Å². The van der Waals surface area contributed by atoms with Gasteiger partial charge in [0, 0.05) is 55.9 Å². The topological polar surface area (TPSA) is 76.6 Å². The molecule has 0 atom stereocenters. The maximum absolute atomic E-state index is 12.0. The number of hydrogen-bond acceptors (Lipinski definition) is 6. The van der Waals surface area contributed by atoms with Gasteiger partial charge in [-0.1, -0.05) is 6.07 Å². The predicted molar refractivity (Wildman–Crippen MR) is 125 cm³/mol. The maximum Gasteiger partial charge on any atom is 0.220 e. The Bertz CT molecular complexity index is 1010. The molecule has 7 heteroatoms. The zero-order valence-electron chi connectivity index (χ0n) is 18.3. The molecule has 0 radical (unpaired) electrons. The average Bonchev–Trinajstić information content (AvgIpc) is 2.84. The van der Waals surface area contributed by atoms with Crippen molar-refractivity contribution in [2.75, 3.05) is 46.0 Å². The molecule has 3 aromatic rings. The number of aromatic nitrogens is 2. The van der Waals surface area contributed by atoms with Gasteiger partial charge in [-0.2, -0.15) is 0 Å². The van der Waals surface area contributed by atoms with Crippen LogP contribution < -0.4 is 10.1 Å². The SMILES string of the molecule is O=C(CCCCOc1ccc2nc(-c3ccncc3)ccc2c1)NCCN1CCOCC1. The monoisotopic (exact) mass is 434 g/mol. The molecule has 3 heterocycles. The Labute approximate surface area is 188 Å². The van der Waals surface area contributed by atoms with E-state index < -0.39 is 0 Å². The van der Waals surface area contributed by atoms with Crippen LogP contribution in [0.25, 0.3) is 22.2 Å². The van der Waals surface area contributed by atoms with Gasteiger partial charge in [0.25, 0.3) is 0 Å². The lowest BCUT2D eigenvalue weighted by atomic mass is 10.1. The molecule has 1 aliphatic heterocycles. The molecule has 0 aliphatic carbocycles. The third-order valence-electron chi connectivity index (χ3n) is 5.56. The van der Waals surface area contributed by atoms with Crippen molar-refractivity contribution >= 4 is 16.8 Å². The standard InChI is InChI=1S/C25H30N4O3/c30-25(27-12-13-29-14-17-31-18-15-29)3-1-2-16-32-22-5-7-24-21(19-22)4-6-23(28-24)20-8-10-26-11-9-20/h4-11,19H,1-3,12-18H2,(H,27,30). The Balaban J connectivity index is 1.15. The number of amides is 1. The summed E-state index contributed by atoms with van der Waals surface area (Å²) in [7, 11) is 0. The summed E-state index contributed by atoms with van der Waals surface area (Å²) in [5, 5.41) is 4.04. The number of benzene rings is 1. The van der Waals surface area contributed by atoms with Crippen LogP contribution in [-0.2, 0) is 9.53 Å². The van der Waals surface area contributed by atoms with E-state index in [9.17, 15) is 4.79 Å². The molecule has 0 saturated carbocycles. The van der Waals surface area contributed by atoms with E-state index in [1.807, 2.05) is 36.4 Å². The van der Waals surface area contributed by atoms with Gasteiger partial charge in [-0.25, -0.2) is 4.98 Å². The average molecular weight is 435 g/mol. The number of nitrogens with zero attached hydrogens (tertiary/aromatic N) is 3. The van der Waals surface area contributed by atoms with Gasteiger partial charge in [-0.15, -0.1) is 0 Å². The van der Waals surface area contributed by atoms with E-state index in [0.717, 1.165) is 73.6 Å². The van der Waals surface area contributed by atoms with Crippen LogP contribution in [0.5, 0.6) is 5.75 Å². The van der Waals surface area contributed by atoms with Gasteiger partial charge in [-0.3, -0.25) is 14.7 Å². The fourth-order valence-corrected chi connectivity index (χ4v) is 3.72. The lowest BCUT2D eigenvalue weighted by Crippen LogP contribution is -2.41. The number of pyridine rings is 2. The number of carbonyl (C=O) groups excluding carboxylic acids is 1. The van der Waals surface area contributed by atoms with Crippen LogP contribution >= 0.6 is 0 Å². The first kappa shape index (κ1) is 22.2. The number of morpholine rings is 1. The molecule has 168 valence electrons. The molecule has 4 rings (SSSR count). The first-order valence-corrected chi connectivity index (χ1v) is 11.3. The Kier molecular flexibility index (Phi) is 8.00. The maximum atomic E-state index is 12.0. The van der Waals surface area contributed by atoms with E-state index in [2.05, 4.69) is 21.3 Å². The number of hydrogen-bond donors (Lipinski definition) is 1. The van der Waals surface area contributed by atoms with Crippen molar-refractivity contribution in [1.82, 2.24) is 20.2 Å². The highest BCUT2D eigenvalue weighted by atomic mass is 16.5. The normalized spacial score (nSPS) is 14.4. The van der Waals surface area contributed by atoms with Crippen LogP contribution in [-0.4, -0.2) is 66.8 Å². The molecular formula is C25H30N4O3. The molecule has 1 amide bonds. The van der Waals surface area contributed by atoms with Crippen LogP contribution in [0, 0.1) is 0 Å². The van der Waals surface area contributed by atoms with E-state index in [-0.39, 0.29) is 5.91 Å². The minimum atomic E-state index is 0.111. The molecule has 1 aromatic carbocycles. The highest BCUT2D eigenvalue weighted by Gasteiger charge is 2.10. The first-order chi connectivity index (χ1) is 15.8. The second-order valence-electron chi connectivity index (χ2n) is 7.90. The summed E-state index contributed by atoms with van der Waals surface area (Å²) < 4.78 is 11.2. The predicted octanol–water partition coefficient (Wildman–Crippen LogP) is 3.29. The molecule has 1 N–H and O–H groups in total. The van der Waals surface area contributed by atoms with Crippen molar-refractivity contribution < 1.29 is 14.3 Å². The lowest BCUT2D eigenvalue weighted by Gasteiger charge is -2.26. The van der Waals surface area contributed by atoms with Gasteiger partial charge in [0.2, 0.25) is 5.91 Å². The summed E-state index contributed by atoms with van der Waals surface area (Å²) in [4.78, 5) is 23.1. The van der Waals surface area contributed by atoms with E-state index in [4.69, 9.17) is 14.5 Å². The van der Waals surface area contributed by atoms with E-state index >= 15 is 0 Å². The molecule has 0 spiro atoms. The highest BCUT2D eigenvalue weighted by Crippen LogP contribution is 2.24. The van der Waals surface area contributed by atoms with Crippen molar-refractivity contribution in [3.8, 4) is 17.0 Å². The number of ether oxygens (including phenoxy) is 2. The summed E-state index contributed by atoms with van der Waals surface area (Å²) in [6.07, 6.45) is 5.73. The number of rotatable bonds is 10. The Morgan fingerprint density at radius 2 is 1.91 bits per heavy atom. The zero-order valence-corrected chi connectivity index (χ0v) is 18.3. The van der Waals surface area contributed by atoms with E-state index in [0.29, 0.717) is 19.6 Å². The lowest BCUT2D eigenvalue weighted by molar-refractivity contribution is -0.121. The zero-order chi connectivity index (χ0) is 22.0. The summed E-state index contributed by atoms with van der Waals surface area (Å²) in [6.45, 7) is 5.65. The van der Waals surface area contributed by atoms with E-state index in [1.165, 1.54) is 0 Å². The summed E-state index contributed by atoms with van der Waals surface area (Å²) >= 11 is 0. The van der Waals surface area contributed by atoms with Crippen molar-refractivity contribution in [3.05, 3.63) is 54.9 Å². The molecule has 0 bridgehead atoms. The highest BCUT2D eigenvalue weighted by molar-refractivity contribution is 5.82. The van der Waals surface area contributed by atoms with Crippen molar-refractivity contribution in [1.29, 1.82) is 0 Å². The molecule has 1 aliphatic rings. The van der Waals surface area contributed by atoms with Crippen LogP contribution in [0.4, 0.5) is 0 Å². The van der Waals surface area contributed by atoms with Crippen molar-refractivity contribution in [2.45, 2.75) is 19.3 Å². The Morgan fingerprint density at radius 3 is 2.75 bits per heavy atom. The number of carbonyl (C=O) groups is 1. The van der Waals surface area contributed by atoms with Crippen molar-refractivity contribution in [3.63, 3.8) is 0 Å².